The van der Waals surface area contributed by atoms with Gasteiger partial charge >= 0.3 is 0 Å². The predicted molar refractivity (Wildman–Crippen MR) is 88.9 cm³/mol. The fourth-order valence-corrected chi connectivity index (χ4v) is 2.85. The Morgan fingerprint density at radius 3 is 2.33 bits per heavy atom. The highest BCUT2D eigenvalue weighted by molar-refractivity contribution is 9.10. The number of aryl methyl sites for hydroxylation is 3. The molecule has 0 heterocycles. The van der Waals surface area contributed by atoms with Gasteiger partial charge in [-0.1, -0.05) is 34.1 Å². The molecule has 0 aliphatic carbocycles. The first-order chi connectivity index (χ1) is 9.97. The number of carbonyl (C=O) groups is 1. The van der Waals surface area contributed by atoms with Crippen molar-refractivity contribution in [1.82, 2.24) is 0 Å². The molecule has 0 fully saturated rings. The van der Waals surface area contributed by atoms with Crippen LogP contribution in [0.5, 0.6) is 5.75 Å². The summed E-state index contributed by atoms with van der Waals surface area (Å²) in [7, 11) is 0. The molecule has 110 valence electrons. The number of anilines is 1. The van der Waals surface area contributed by atoms with Gasteiger partial charge in [-0.15, -0.1) is 0 Å². The van der Waals surface area contributed by atoms with Crippen LogP contribution in [-0.2, 0) is 4.79 Å². The maximum Gasteiger partial charge on any atom is 0.262 e. The van der Waals surface area contributed by atoms with Gasteiger partial charge in [-0.2, -0.15) is 0 Å². The third kappa shape index (κ3) is 4.08. The van der Waals surface area contributed by atoms with Crippen molar-refractivity contribution in [3.63, 3.8) is 0 Å². The number of halogens is 1. The Kier molecular flexibility index (Phi) is 5.02. The maximum atomic E-state index is 12.0. The van der Waals surface area contributed by atoms with Crippen LogP contribution >= 0.6 is 15.9 Å². The van der Waals surface area contributed by atoms with Gasteiger partial charge in [0.25, 0.3) is 5.91 Å². The van der Waals surface area contributed by atoms with Crippen molar-refractivity contribution in [3.05, 3.63) is 57.6 Å². The number of ether oxygens (including phenoxy) is 1. The zero-order chi connectivity index (χ0) is 15.4. The lowest BCUT2D eigenvalue weighted by molar-refractivity contribution is -0.118. The molecule has 0 aromatic heterocycles. The molecule has 1 N–H and O–H groups in total. The molecule has 2 aromatic rings. The van der Waals surface area contributed by atoms with Crippen molar-refractivity contribution in [1.29, 1.82) is 0 Å². The lowest BCUT2D eigenvalue weighted by atomic mass is 10.1. The highest BCUT2D eigenvalue weighted by Crippen LogP contribution is 2.27. The molecule has 0 bridgehead atoms. The molecule has 0 radical (unpaired) electrons. The van der Waals surface area contributed by atoms with E-state index in [9.17, 15) is 4.79 Å². The minimum absolute atomic E-state index is 0.00233. The fourth-order valence-electron chi connectivity index (χ4n) is 2.16. The normalized spacial score (nSPS) is 10.3. The maximum absolute atomic E-state index is 12.0. The molecule has 0 aliphatic heterocycles. The van der Waals surface area contributed by atoms with Crippen LogP contribution in [0.2, 0.25) is 0 Å². The van der Waals surface area contributed by atoms with Crippen LogP contribution in [0.15, 0.2) is 40.9 Å². The van der Waals surface area contributed by atoms with Crippen molar-refractivity contribution >= 4 is 27.5 Å². The molecule has 3 nitrogen and oxygen atoms in total. The Balaban J connectivity index is 2.01. The second kappa shape index (κ2) is 6.76. The van der Waals surface area contributed by atoms with Crippen LogP contribution in [0.3, 0.4) is 0 Å². The summed E-state index contributed by atoms with van der Waals surface area (Å²) < 4.78 is 6.67. The first kappa shape index (κ1) is 15.6. The summed E-state index contributed by atoms with van der Waals surface area (Å²) in [6.45, 7) is 5.88. The number of hydrogen-bond donors (Lipinski definition) is 1. The highest BCUT2D eigenvalue weighted by atomic mass is 79.9. The Morgan fingerprint density at radius 2 is 1.71 bits per heavy atom. The standard InChI is InChI=1S/C17H18BrNO2/c1-11-6-4-5-7-15(11)19-16(20)10-21-17-12(2)8-14(18)9-13(17)3/h4-9H,10H2,1-3H3,(H,19,20). The van der Waals surface area contributed by atoms with E-state index in [4.69, 9.17) is 4.74 Å². The number of para-hydroxylation sites is 1. The lowest BCUT2D eigenvalue weighted by Gasteiger charge is -2.13. The van der Waals surface area contributed by atoms with E-state index in [1.165, 1.54) is 0 Å². The third-order valence-corrected chi connectivity index (χ3v) is 3.65. The Labute approximate surface area is 133 Å². The summed E-state index contributed by atoms with van der Waals surface area (Å²) in [6.07, 6.45) is 0. The van der Waals surface area contributed by atoms with Crippen LogP contribution in [0, 0.1) is 20.8 Å². The van der Waals surface area contributed by atoms with E-state index >= 15 is 0 Å². The van der Waals surface area contributed by atoms with Crippen LogP contribution in [-0.4, -0.2) is 12.5 Å². The van der Waals surface area contributed by atoms with Gasteiger partial charge in [0.05, 0.1) is 0 Å². The topological polar surface area (TPSA) is 38.3 Å². The van der Waals surface area contributed by atoms with Crippen LogP contribution < -0.4 is 10.1 Å². The van der Waals surface area contributed by atoms with Gasteiger partial charge in [-0.3, -0.25) is 4.79 Å². The smallest absolute Gasteiger partial charge is 0.262 e. The van der Waals surface area contributed by atoms with E-state index in [0.29, 0.717) is 0 Å². The Morgan fingerprint density at radius 1 is 1.10 bits per heavy atom. The summed E-state index contributed by atoms with van der Waals surface area (Å²) in [5, 5.41) is 2.86. The van der Waals surface area contributed by atoms with Crippen LogP contribution in [0.4, 0.5) is 5.69 Å². The van der Waals surface area contributed by atoms with Gasteiger partial charge in [0, 0.05) is 10.2 Å². The van der Waals surface area contributed by atoms with Gasteiger partial charge in [0.15, 0.2) is 6.61 Å². The quantitative estimate of drug-likeness (QED) is 0.890. The van der Waals surface area contributed by atoms with Crippen molar-refractivity contribution in [3.8, 4) is 5.75 Å². The monoisotopic (exact) mass is 347 g/mol. The van der Waals surface area contributed by atoms with Gasteiger partial charge in [0.1, 0.15) is 5.75 Å². The van der Waals surface area contributed by atoms with Crippen LogP contribution in [0.1, 0.15) is 16.7 Å². The number of nitrogens with one attached hydrogen (secondary N) is 1. The number of rotatable bonds is 4. The van der Waals surface area contributed by atoms with Crippen LogP contribution in [0.25, 0.3) is 0 Å². The molecule has 0 spiro atoms. The molecular formula is C17H18BrNO2. The minimum Gasteiger partial charge on any atom is -0.483 e. The second-order valence-electron chi connectivity index (χ2n) is 5.02. The van der Waals surface area contributed by atoms with Gasteiger partial charge in [0.2, 0.25) is 0 Å². The second-order valence-corrected chi connectivity index (χ2v) is 5.94. The molecule has 0 saturated carbocycles. The molecule has 0 atom stereocenters. The van der Waals surface area contributed by atoms with Crippen molar-refractivity contribution < 1.29 is 9.53 Å². The predicted octanol–water partition coefficient (Wildman–Crippen LogP) is 4.39. The summed E-state index contributed by atoms with van der Waals surface area (Å²) in [5.74, 6) is 0.601. The molecule has 4 heteroatoms. The number of amides is 1. The molecule has 21 heavy (non-hydrogen) atoms. The van der Waals surface area contributed by atoms with E-state index < -0.39 is 0 Å². The summed E-state index contributed by atoms with van der Waals surface area (Å²) in [6, 6.07) is 11.6. The van der Waals surface area contributed by atoms with Gasteiger partial charge < -0.3 is 10.1 Å². The van der Waals surface area contributed by atoms with E-state index in [-0.39, 0.29) is 12.5 Å². The number of benzene rings is 2. The molecule has 0 saturated heterocycles. The molecule has 2 aromatic carbocycles. The zero-order valence-electron chi connectivity index (χ0n) is 12.4. The first-order valence-electron chi connectivity index (χ1n) is 6.72. The summed E-state index contributed by atoms with van der Waals surface area (Å²) in [4.78, 5) is 12.0. The molecular weight excluding hydrogens is 330 g/mol. The first-order valence-corrected chi connectivity index (χ1v) is 7.51. The Bertz CT molecular complexity index is 645. The fraction of sp³-hybridized carbons (Fsp3) is 0.235. The lowest BCUT2D eigenvalue weighted by Crippen LogP contribution is -2.21. The molecule has 2 rings (SSSR count). The molecule has 0 aliphatic rings. The van der Waals surface area contributed by atoms with E-state index in [0.717, 1.165) is 32.6 Å². The van der Waals surface area contributed by atoms with Gasteiger partial charge in [-0.05, 0) is 55.7 Å². The zero-order valence-corrected chi connectivity index (χ0v) is 14.0. The summed E-state index contributed by atoms with van der Waals surface area (Å²) in [5.41, 5.74) is 3.85. The third-order valence-electron chi connectivity index (χ3n) is 3.19. The van der Waals surface area contributed by atoms with Crippen molar-refractivity contribution in [2.45, 2.75) is 20.8 Å². The van der Waals surface area contributed by atoms with E-state index in [2.05, 4.69) is 21.2 Å². The average Bonchev–Trinajstić information content (AvgIpc) is 2.40. The van der Waals surface area contributed by atoms with Crippen molar-refractivity contribution in [2.24, 2.45) is 0 Å². The van der Waals surface area contributed by atoms with E-state index in [1.807, 2.05) is 57.2 Å². The molecule has 0 unspecified atom stereocenters. The number of carbonyl (C=O) groups excluding carboxylic acids is 1. The highest BCUT2D eigenvalue weighted by Gasteiger charge is 2.09. The molecule has 1 amide bonds. The SMILES string of the molecule is Cc1ccccc1NC(=O)COc1c(C)cc(Br)cc1C. The van der Waals surface area contributed by atoms with E-state index in [1.54, 1.807) is 0 Å². The minimum atomic E-state index is -0.161. The van der Waals surface area contributed by atoms with Crippen molar-refractivity contribution in [2.75, 3.05) is 11.9 Å². The largest absolute Gasteiger partial charge is 0.483 e. The average molecular weight is 348 g/mol. The summed E-state index contributed by atoms with van der Waals surface area (Å²) >= 11 is 3.44. The number of hydrogen-bond acceptors (Lipinski definition) is 2. The Hall–Kier alpha value is -1.81. The van der Waals surface area contributed by atoms with Gasteiger partial charge in [-0.25, -0.2) is 0 Å².